The Labute approximate surface area is 213 Å². The van der Waals surface area contributed by atoms with Crippen LogP contribution in [0.1, 0.15) is 41.6 Å². The summed E-state index contributed by atoms with van der Waals surface area (Å²) in [7, 11) is 0. The highest BCUT2D eigenvalue weighted by Crippen LogP contribution is 2.20. The normalized spacial score (nSPS) is 15.2. The Morgan fingerprint density at radius 2 is 1.86 bits per heavy atom. The van der Waals surface area contributed by atoms with Gasteiger partial charge in [0.2, 0.25) is 0 Å². The lowest BCUT2D eigenvalue weighted by atomic mass is 10.0. The van der Waals surface area contributed by atoms with E-state index in [1.165, 1.54) is 5.56 Å². The predicted molar refractivity (Wildman–Crippen MR) is 147 cm³/mol. The lowest BCUT2D eigenvalue weighted by molar-refractivity contribution is 0.0367. The zero-order chi connectivity index (χ0) is 24.8. The lowest BCUT2D eigenvalue weighted by Gasteiger charge is -2.30. The maximum Gasteiger partial charge on any atom is 0.253 e. The van der Waals surface area contributed by atoms with Crippen LogP contribution in [0.25, 0.3) is 10.9 Å². The average Bonchev–Trinajstić information content (AvgIpc) is 2.87. The first kappa shape index (κ1) is 25.4. The fourth-order valence-corrected chi connectivity index (χ4v) is 4.94. The number of hydrogen-bond donors (Lipinski definition) is 2. The zero-order valence-corrected chi connectivity index (χ0v) is 21.8. The highest BCUT2D eigenvalue weighted by molar-refractivity contribution is 7.80. The number of nitrogens with zero attached hydrogens (tertiary/aromatic N) is 2. The van der Waals surface area contributed by atoms with Gasteiger partial charge in [-0.15, -0.1) is 0 Å². The van der Waals surface area contributed by atoms with Crippen LogP contribution in [-0.4, -0.2) is 59.3 Å². The van der Waals surface area contributed by atoms with Gasteiger partial charge in [0.05, 0.1) is 31.3 Å². The van der Waals surface area contributed by atoms with Gasteiger partial charge in [-0.05, 0) is 62.2 Å². The van der Waals surface area contributed by atoms with Crippen molar-refractivity contribution in [2.75, 3.05) is 39.4 Å². The van der Waals surface area contributed by atoms with Crippen LogP contribution in [0.5, 0.6) is 0 Å². The van der Waals surface area contributed by atoms with E-state index in [-0.39, 0.29) is 11.6 Å². The van der Waals surface area contributed by atoms with E-state index in [4.69, 9.17) is 17.0 Å². The molecule has 1 aliphatic rings. The van der Waals surface area contributed by atoms with Crippen molar-refractivity contribution in [2.24, 2.45) is 0 Å². The molecule has 0 saturated carbocycles. The minimum absolute atomic E-state index is 0.0525. The molecule has 0 spiro atoms. The Morgan fingerprint density at radius 3 is 2.60 bits per heavy atom. The summed E-state index contributed by atoms with van der Waals surface area (Å²) in [5, 5.41) is 5.25. The Bertz CT molecular complexity index is 1200. The van der Waals surface area contributed by atoms with Crippen LogP contribution < -0.4 is 10.9 Å². The molecule has 3 aromatic rings. The van der Waals surface area contributed by atoms with Gasteiger partial charge in [0, 0.05) is 37.1 Å². The number of aryl methyl sites for hydroxylation is 2. The van der Waals surface area contributed by atoms with E-state index in [0.717, 1.165) is 73.4 Å². The molecule has 0 radical (unpaired) electrons. The maximum atomic E-state index is 13.1. The number of thiocarbonyl (C=S) groups is 1. The quantitative estimate of drug-likeness (QED) is 0.457. The minimum atomic E-state index is -0.0525. The van der Waals surface area contributed by atoms with Crippen molar-refractivity contribution in [1.29, 1.82) is 0 Å². The SMILES string of the molecule is Cc1ccc(C)c2[nH]c(=O)c(CN(CCCN3CCOCC3)C(=S)N[C@@H](C)c3ccccc3)cc12. The molecule has 0 amide bonds. The summed E-state index contributed by atoms with van der Waals surface area (Å²) in [5.74, 6) is 0. The Hall–Kier alpha value is -2.74. The number of ether oxygens (including phenoxy) is 1. The number of pyridine rings is 1. The first-order valence-corrected chi connectivity index (χ1v) is 12.9. The van der Waals surface area contributed by atoms with Crippen molar-refractivity contribution in [3.8, 4) is 0 Å². The van der Waals surface area contributed by atoms with E-state index in [2.05, 4.69) is 58.2 Å². The van der Waals surface area contributed by atoms with Crippen molar-refractivity contribution in [3.05, 3.63) is 81.1 Å². The van der Waals surface area contributed by atoms with Gasteiger partial charge >= 0.3 is 0 Å². The van der Waals surface area contributed by atoms with E-state index in [0.29, 0.717) is 11.7 Å². The van der Waals surface area contributed by atoms with E-state index in [9.17, 15) is 4.79 Å². The molecule has 1 atom stereocenters. The van der Waals surface area contributed by atoms with Crippen LogP contribution in [0.2, 0.25) is 0 Å². The number of rotatable bonds is 8. The highest BCUT2D eigenvalue weighted by atomic mass is 32.1. The van der Waals surface area contributed by atoms with Gasteiger partial charge in [-0.2, -0.15) is 0 Å². The molecular weight excluding hydrogens is 456 g/mol. The summed E-state index contributed by atoms with van der Waals surface area (Å²) < 4.78 is 5.48. The van der Waals surface area contributed by atoms with Gasteiger partial charge in [-0.1, -0.05) is 42.5 Å². The van der Waals surface area contributed by atoms with Gasteiger partial charge in [0.1, 0.15) is 0 Å². The van der Waals surface area contributed by atoms with Crippen LogP contribution in [0.3, 0.4) is 0 Å². The Morgan fingerprint density at radius 1 is 1.14 bits per heavy atom. The van der Waals surface area contributed by atoms with Crippen molar-refractivity contribution in [2.45, 2.75) is 39.8 Å². The van der Waals surface area contributed by atoms with Crippen molar-refractivity contribution in [1.82, 2.24) is 20.1 Å². The number of fused-ring (bicyclic) bond motifs is 1. The molecule has 0 aliphatic carbocycles. The minimum Gasteiger partial charge on any atom is -0.379 e. The largest absolute Gasteiger partial charge is 0.379 e. The smallest absolute Gasteiger partial charge is 0.253 e. The summed E-state index contributed by atoms with van der Waals surface area (Å²) in [4.78, 5) is 20.7. The van der Waals surface area contributed by atoms with Crippen LogP contribution in [0, 0.1) is 13.8 Å². The molecule has 0 unspecified atom stereocenters. The molecule has 2 heterocycles. The molecule has 7 heteroatoms. The van der Waals surface area contributed by atoms with Crippen molar-refractivity contribution < 1.29 is 4.74 Å². The van der Waals surface area contributed by atoms with Crippen LogP contribution in [0.15, 0.2) is 53.3 Å². The number of hydrogen-bond acceptors (Lipinski definition) is 4. The third kappa shape index (κ3) is 6.48. The van der Waals surface area contributed by atoms with E-state index >= 15 is 0 Å². The van der Waals surface area contributed by atoms with Gasteiger partial charge < -0.3 is 19.9 Å². The molecule has 35 heavy (non-hydrogen) atoms. The van der Waals surface area contributed by atoms with Gasteiger partial charge in [0.25, 0.3) is 5.56 Å². The molecule has 1 aromatic heterocycles. The van der Waals surface area contributed by atoms with Crippen LogP contribution in [-0.2, 0) is 11.3 Å². The summed E-state index contributed by atoms with van der Waals surface area (Å²) in [6.45, 7) is 12.0. The number of aromatic nitrogens is 1. The molecule has 186 valence electrons. The second-order valence-corrected chi connectivity index (χ2v) is 9.81. The third-order valence-corrected chi connectivity index (χ3v) is 7.19. The second-order valence-electron chi connectivity index (χ2n) is 9.42. The summed E-state index contributed by atoms with van der Waals surface area (Å²) in [6.07, 6.45) is 0.963. The number of nitrogens with one attached hydrogen (secondary N) is 2. The summed E-state index contributed by atoms with van der Waals surface area (Å²) >= 11 is 5.88. The van der Waals surface area contributed by atoms with Gasteiger partial charge in [-0.3, -0.25) is 9.69 Å². The maximum absolute atomic E-state index is 13.1. The van der Waals surface area contributed by atoms with E-state index in [1.54, 1.807) is 0 Å². The molecule has 2 N–H and O–H groups in total. The van der Waals surface area contributed by atoms with E-state index < -0.39 is 0 Å². The molecule has 2 aromatic carbocycles. The Balaban J connectivity index is 1.53. The predicted octanol–water partition coefficient (Wildman–Crippen LogP) is 4.30. The number of H-pyrrole nitrogens is 1. The summed E-state index contributed by atoms with van der Waals surface area (Å²) in [5.41, 5.74) is 5.00. The summed E-state index contributed by atoms with van der Waals surface area (Å²) in [6, 6.07) is 16.6. The fourth-order valence-electron chi connectivity index (χ4n) is 4.61. The van der Waals surface area contributed by atoms with Crippen LogP contribution in [0.4, 0.5) is 0 Å². The number of aromatic amines is 1. The first-order chi connectivity index (χ1) is 16.9. The van der Waals surface area contributed by atoms with Crippen molar-refractivity contribution in [3.63, 3.8) is 0 Å². The first-order valence-electron chi connectivity index (χ1n) is 12.4. The molecule has 1 saturated heterocycles. The molecular formula is C28H36N4O2S. The highest BCUT2D eigenvalue weighted by Gasteiger charge is 2.18. The van der Waals surface area contributed by atoms with Gasteiger partial charge in [0.15, 0.2) is 5.11 Å². The molecule has 0 bridgehead atoms. The fraction of sp³-hybridized carbons (Fsp3) is 0.429. The molecule has 4 rings (SSSR count). The number of morpholine rings is 1. The van der Waals surface area contributed by atoms with E-state index in [1.807, 2.05) is 31.2 Å². The monoisotopic (exact) mass is 492 g/mol. The number of benzene rings is 2. The average molecular weight is 493 g/mol. The molecule has 1 aliphatic heterocycles. The van der Waals surface area contributed by atoms with Gasteiger partial charge in [-0.25, -0.2) is 0 Å². The Kier molecular flexibility index (Phi) is 8.55. The standard InChI is InChI=1S/C28H36N4O2S/c1-20-10-11-21(2)26-25(20)18-24(27(33)30-26)19-32(13-7-12-31-14-16-34-17-15-31)28(35)29-22(3)23-8-5-4-6-9-23/h4-6,8-11,18,22H,7,12-17,19H2,1-3H3,(H,29,35)(H,30,33)/t22-/m0/s1. The van der Waals surface area contributed by atoms with Crippen molar-refractivity contribution >= 4 is 28.2 Å². The topological polar surface area (TPSA) is 60.6 Å². The zero-order valence-electron chi connectivity index (χ0n) is 21.0. The van der Waals surface area contributed by atoms with Crippen LogP contribution >= 0.6 is 12.2 Å². The second kappa shape index (κ2) is 11.8. The lowest BCUT2D eigenvalue weighted by Crippen LogP contribution is -2.43. The third-order valence-electron chi connectivity index (χ3n) is 6.81. The molecule has 6 nitrogen and oxygen atoms in total. The molecule has 1 fully saturated rings.